The van der Waals surface area contributed by atoms with Crippen molar-refractivity contribution < 1.29 is 0 Å². The molecule has 0 amide bonds. The van der Waals surface area contributed by atoms with Crippen LogP contribution in [-0.2, 0) is 0 Å². The Morgan fingerprint density at radius 3 is 2.47 bits per heavy atom. The van der Waals surface area contributed by atoms with E-state index in [1.165, 1.54) is 0 Å². The molecular formula is C17H13ClN. The van der Waals surface area contributed by atoms with Crippen LogP contribution in [0.25, 0.3) is 22.0 Å². The van der Waals surface area contributed by atoms with Gasteiger partial charge in [0.15, 0.2) is 0 Å². The fourth-order valence-corrected chi connectivity index (χ4v) is 2.37. The standard InChI is InChI=1S/C17H13ClN/c1-11-9-16(13-4-6-14(18)7-5-13)15-8-3-12(2)19-17(15)10-11/h3-8,10H,1-2H3. The van der Waals surface area contributed by atoms with E-state index in [9.17, 15) is 0 Å². The number of halogens is 1. The number of pyridine rings is 1. The Morgan fingerprint density at radius 2 is 1.74 bits per heavy atom. The van der Waals surface area contributed by atoms with Crippen LogP contribution in [0.3, 0.4) is 0 Å². The lowest BCUT2D eigenvalue weighted by molar-refractivity contribution is 1.25. The number of fused-ring (bicyclic) bond motifs is 1. The number of benzene rings is 2. The van der Waals surface area contributed by atoms with E-state index in [0.29, 0.717) is 0 Å². The van der Waals surface area contributed by atoms with Crippen LogP contribution in [-0.4, -0.2) is 4.98 Å². The third kappa shape index (κ3) is 2.34. The van der Waals surface area contributed by atoms with Gasteiger partial charge in [0.05, 0.1) is 5.52 Å². The van der Waals surface area contributed by atoms with E-state index in [-0.39, 0.29) is 0 Å². The van der Waals surface area contributed by atoms with Crippen molar-refractivity contribution in [2.75, 3.05) is 0 Å². The summed E-state index contributed by atoms with van der Waals surface area (Å²) in [5.41, 5.74) is 5.33. The zero-order chi connectivity index (χ0) is 13.4. The van der Waals surface area contributed by atoms with Crippen LogP contribution in [0.1, 0.15) is 11.3 Å². The lowest BCUT2D eigenvalue weighted by Gasteiger charge is -2.08. The van der Waals surface area contributed by atoms with E-state index in [4.69, 9.17) is 11.6 Å². The number of hydrogen-bond acceptors (Lipinski definition) is 1. The van der Waals surface area contributed by atoms with E-state index >= 15 is 0 Å². The minimum absolute atomic E-state index is 0.745. The second-order valence-corrected chi connectivity index (χ2v) is 5.16. The Balaban J connectivity index is 2.30. The second-order valence-electron chi connectivity index (χ2n) is 4.72. The number of aryl methyl sites for hydroxylation is 2. The molecule has 0 fully saturated rings. The molecule has 1 aromatic heterocycles. The highest BCUT2D eigenvalue weighted by Crippen LogP contribution is 2.29. The molecular weight excluding hydrogens is 254 g/mol. The molecule has 2 aromatic carbocycles. The molecule has 0 saturated heterocycles. The van der Waals surface area contributed by atoms with Gasteiger partial charge in [-0.3, -0.25) is 4.98 Å². The summed E-state index contributed by atoms with van der Waals surface area (Å²) in [6.07, 6.45) is 0. The van der Waals surface area contributed by atoms with Crippen molar-refractivity contribution in [3.05, 3.63) is 64.8 Å². The van der Waals surface area contributed by atoms with Crippen molar-refractivity contribution in [1.82, 2.24) is 4.98 Å². The second kappa shape index (κ2) is 4.67. The Hall–Kier alpha value is -1.86. The van der Waals surface area contributed by atoms with Crippen molar-refractivity contribution in [2.45, 2.75) is 13.8 Å². The van der Waals surface area contributed by atoms with Crippen LogP contribution < -0.4 is 0 Å². The molecule has 0 aliphatic carbocycles. The van der Waals surface area contributed by atoms with Crippen LogP contribution in [0.15, 0.2) is 42.5 Å². The molecule has 0 bridgehead atoms. The van der Waals surface area contributed by atoms with Crippen molar-refractivity contribution in [3.8, 4) is 11.1 Å². The fourth-order valence-electron chi connectivity index (χ4n) is 2.25. The summed E-state index contributed by atoms with van der Waals surface area (Å²) >= 11 is 5.95. The van der Waals surface area contributed by atoms with Gasteiger partial charge in [0.2, 0.25) is 0 Å². The van der Waals surface area contributed by atoms with Crippen LogP contribution in [0.5, 0.6) is 0 Å². The summed E-state index contributed by atoms with van der Waals surface area (Å²) in [4.78, 5) is 4.59. The molecule has 19 heavy (non-hydrogen) atoms. The maximum absolute atomic E-state index is 5.95. The zero-order valence-corrected chi connectivity index (χ0v) is 11.6. The highest BCUT2D eigenvalue weighted by atomic mass is 35.5. The fraction of sp³-hybridized carbons (Fsp3) is 0.118. The quantitative estimate of drug-likeness (QED) is 0.606. The van der Waals surface area contributed by atoms with Gasteiger partial charge in [0.1, 0.15) is 0 Å². The van der Waals surface area contributed by atoms with Crippen molar-refractivity contribution >= 4 is 22.5 Å². The van der Waals surface area contributed by atoms with Crippen LogP contribution >= 0.6 is 11.6 Å². The third-order valence-corrected chi connectivity index (χ3v) is 3.39. The van der Waals surface area contributed by atoms with Gasteiger partial charge in [-0.1, -0.05) is 29.8 Å². The Bertz CT molecular complexity index is 740. The predicted octanol–water partition coefficient (Wildman–Crippen LogP) is 4.97. The van der Waals surface area contributed by atoms with E-state index in [1.807, 2.05) is 44.2 Å². The number of aromatic nitrogens is 1. The molecule has 0 unspecified atom stereocenters. The number of hydrogen-bond donors (Lipinski definition) is 0. The van der Waals surface area contributed by atoms with Gasteiger partial charge in [-0.25, -0.2) is 0 Å². The van der Waals surface area contributed by atoms with Gasteiger partial charge in [0, 0.05) is 16.1 Å². The summed E-state index contributed by atoms with van der Waals surface area (Å²) in [7, 11) is 0. The summed E-state index contributed by atoms with van der Waals surface area (Å²) < 4.78 is 0. The first-order valence-corrected chi connectivity index (χ1v) is 6.57. The topological polar surface area (TPSA) is 12.9 Å². The van der Waals surface area contributed by atoms with Gasteiger partial charge >= 0.3 is 0 Å². The molecule has 1 heterocycles. The predicted molar refractivity (Wildman–Crippen MR) is 80.5 cm³/mol. The highest BCUT2D eigenvalue weighted by molar-refractivity contribution is 6.30. The van der Waals surface area contributed by atoms with E-state index in [1.54, 1.807) is 0 Å². The minimum atomic E-state index is 0.745. The first-order chi connectivity index (χ1) is 9.13. The van der Waals surface area contributed by atoms with Crippen LogP contribution in [0.4, 0.5) is 0 Å². The first kappa shape index (κ1) is 12.2. The van der Waals surface area contributed by atoms with E-state index < -0.39 is 0 Å². The molecule has 3 rings (SSSR count). The molecule has 93 valence electrons. The normalized spacial score (nSPS) is 10.9. The average molecular weight is 267 g/mol. The van der Waals surface area contributed by atoms with Gasteiger partial charge in [-0.15, -0.1) is 0 Å². The van der Waals surface area contributed by atoms with Gasteiger partial charge in [-0.05, 0) is 60.9 Å². The average Bonchev–Trinajstić information content (AvgIpc) is 2.38. The Kier molecular flexibility index (Phi) is 3.00. The third-order valence-electron chi connectivity index (χ3n) is 3.14. The minimum Gasteiger partial charge on any atom is -0.253 e. The maximum Gasteiger partial charge on any atom is 0.0714 e. The molecule has 3 aromatic rings. The lowest BCUT2D eigenvalue weighted by Crippen LogP contribution is -1.89. The molecule has 0 spiro atoms. The van der Waals surface area contributed by atoms with E-state index in [2.05, 4.69) is 23.2 Å². The van der Waals surface area contributed by atoms with Crippen LogP contribution in [0.2, 0.25) is 5.02 Å². The summed E-state index contributed by atoms with van der Waals surface area (Å²) in [5, 5.41) is 1.87. The highest BCUT2D eigenvalue weighted by Gasteiger charge is 2.07. The largest absolute Gasteiger partial charge is 0.253 e. The first-order valence-electron chi connectivity index (χ1n) is 6.20. The van der Waals surface area contributed by atoms with Gasteiger partial charge < -0.3 is 0 Å². The van der Waals surface area contributed by atoms with E-state index in [0.717, 1.165) is 38.3 Å². The molecule has 0 saturated carbocycles. The SMILES string of the molecule is Cc1[c]c(-c2ccc(Cl)cc2)c2ccc(C)nc2c1. The maximum atomic E-state index is 5.95. The number of nitrogens with zero attached hydrogens (tertiary/aromatic N) is 1. The zero-order valence-electron chi connectivity index (χ0n) is 10.9. The molecule has 0 aliphatic rings. The van der Waals surface area contributed by atoms with Crippen LogP contribution in [0, 0.1) is 19.9 Å². The van der Waals surface area contributed by atoms with Crippen molar-refractivity contribution in [2.24, 2.45) is 0 Å². The van der Waals surface area contributed by atoms with Gasteiger partial charge in [0.25, 0.3) is 0 Å². The van der Waals surface area contributed by atoms with Crippen molar-refractivity contribution in [1.29, 1.82) is 0 Å². The monoisotopic (exact) mass is 266 g/mol. The lowest BCUT2D eigenvalue weighted by atomic mass is 9.98. The molecule has 0 atom stereocenters. The summed E-state index contributed by atoms with van der Waals surface area (Å²) in [5.74, 6) is 0. The van der Waals surface area contributed by atoms with Crippen molar-refractivity contribution in [3.63, 3.8) is 0 Å². The number of rotatable bonds is 1. The Labute approximate surface area is 117 Å². The smallest absolute Gasteiger partial charge is 0.0714 e. The molecule has 0 aliphatic heterocycles. The molecule has 0 N–H and O–H groups in total. The molecule has 1 nitrogen and oxygen atoms in total. The molecule has 1 radical (unpaired) electrons. The summed E-state index contributed by atoms with van der Waals surface area (Å²) in [6, 6.07) is 17.5. The Morgan fingerprint density at radius 1 is 1.00 bits per heavy atom. The summed E-state index contributed by atoms with van der Waals surface area (Å²) in [6.45, 7) is 4.05. The molecule has 2 heteroatoms. The van der Waals surface area contributed by atoms with Gasteiger partial charge in [-0.2, -0.15) is 0 Å².